The number of benzene rings is 2. The molecule has 39 heavy (non-hydrogen) atoms. The summed E-state index contributed by atoms with van der Waals surface area (Å²) in [7, 11) is 3.84. The van der Waals surface area contributed by atoms with Crippen molar-refractivity contribution >= 4 is 38.9 Å². The number of fused-ring (bicyclic) bond motifs is 6. The van der Waals surface area contributed by atoms with Crippen LogP contribution < -0.4 is 5.43 Å². The molecule has 0 radical (unpaired) electrons. The Balaban J connectivity index is 1.70. The van der Waals surface area contributed by atoms with Crippen LogP contribution in [-0.2, 0) is 16.7 Å². The fraction of sp³-hybridized carbons (Fsp3) is 0.433. The van der Waals surface area contributed by atoms with Crippen molar-refractivity contribution in [1.29, 1.82) is 0 Å². The van der Waals surface area contributed by atoms with Crippen LogP contribution >= 0.6 is 0 Å². The second-order valence-electron chi connectivity index (χ2n) is 12.1. The number of phenolic OH excluding ortho intramolecular Hbond substituents is 1. The number of aromatic hydroxyl groups is 1. The van der Waals surface area contributed by atoms with Crippen molar-refractivity contribution < 1.29 is 19.7 Å². The smallest absolute Gasteiger partial charge is 0.411 e. The number of aliphatic hydroxyl groups is 1. The van der Waals surface area contributed by atoms with E-state index < -0.39 is 23.3 Å². The van der Waals surface area contributed by atoms with Crippen molar-refractivity contribution in [2.75, 3.05) is 27.2 Å². The van der Waals surface area contributed by atoms with Gasteiger partial charge in [0.25, 0.3) is 0 Å². The van der Waals surface area contributed by atoms with Crippen LogP contribution in [0, 0.1) is 0 Å². The van der Waals surface area contributed by atoms with Gasteiger partial charge in [0.15, 0.2) is 5.43 Å². The van der Waals surface area contributed by atoms with Gasteiger partial charge < -0.3 is 24.4 Å². The number of carbonyl (C=O) groups is 1. The lowest BCUT2D eigenvalue weighted by Crippen LogP contribution is -2.42. The molecule has 4 aromatic rings. The molecule has 2 atom stereocenters. The Morgan fingerprint density at radius 3 is 2.64 bits per heavy atom. The number of ether oxygens (including phenoxy) is 1. The first-order valence-electron chi connectivity index (χ1n) is 13.3. The Morgan fingerprint density at radius 2 is 1.95 bits per heavy atom. The van der Waals surface area contributed by atoms with Gasteiger partial charge >= 0.3 is 6.09 Å². The molecule has 9 heteroatoms. The number of nitrogens with zero attached hydrogens (tertiary/aromatic N) is 4. The minimum Gasteiger partial charge on any atom is -0.508 e. The lowest BCUT2D eigenvalue weighted by Gasteiger charge is -2.35. The minimum absolute atomic E-state index is 0.0602. The maximum Gasteiger partial charge on any atom is 0.411 e. The molecule has 1 amide bonds. The third kappa shape index (κ3) is 3.71. The summed E-state index contributed by atoms with van der Waals surface area (Å²) in [6.07, 6.45) is 0.120. The Morgan fingerprint density at radius 1 is 1.18 bits per heavy atom. The summed E-state index contributed by atoms with van der Waals surface area (Å²) in [4.78, 5) is 36.2. The molecule has 0 aliphatic carbocycles. The van der Waals surface area contributed by atoms with Gasteiger partial charge in [0.1, 0.15) is 23.2 Å². The number of amides is 1. The highest BCUT2D eigenvalue weighted by Gasteiger charge is 2.57. The molecule has 2 aromatic carbocycles. The molecule has 2 N–H and O–H groups in total. The van der Waals surface area contributed by atoms with Gasteiger partial charge in [-0.1, -0.05) is 12.1 Å². The molecule has 204 valence electrons. The van der Waals surface area contributed by atoms with E-state index in [1.165, 1.54) is 0 Å². The summed E-state index contributed by atoms with van der Waals surface area (Å²) in [6, 6.07) is 10.9. The van der Waals surface area contributed by atoms with Crippen LogP contribution in [0.25, 0.3) is 32.8 Å². The van der Waals surface area contributed by atoms with Crippen molar-refractivity contribution in [3.63, 3.8) is 0 Å². The van der Waals surface area contributed by atoms with Crippen LogP contribution in [0.2, 0.25) is 0 Å². The number of aliphatic hydroxyl groups excluding tert-OH is 1. The predicted octanol–water partition coefficient (Wildman–Crippen LogP) is 4.24. The summed E-state index contributed by atoms with van der Waals surface area (Å²) >= 11 is 0. The molecule has 6 rings (SSSR count). The number of hydrogen-bond acceptors (Lipinski definition) is 7. The number of hydrogen-bond donors (Lipinski definition) is 2. The molecule has 2 aromatic heterocycles. The van der Waals surface area contributed by atoms with E-state index in [1.54, 1.807) is 17.0 Å². The van der Waals surface area contributed by atoms with Crippen molar-refractivity contribution in [1.82, 2.24) is 19.4 Å². The zero-order chi connectivity index (χ0) is 27.9. The highest BCUT2D eigenvalue weighted by Crippen LogP contribution is 2.56. The number of phenols is 1. The molecule has 2 aliphatic rings. The van der Waals surface area contributed by atoms with E-state index in [4.69, 9.17) is 9.72 Å². The van der Waals surface area contributed by atoms with Gasteiger partial charge in [0.2, 0.25) is 0 Å². The SMILES string of the molecule is CN(C)Cc1c(O)ccc2nc3c(cc12)c(=O)c1cccc2c1n3[C@H]1N(C(=O)OC(C)(C)C)CC[C@@]21CCO. The molecule has 1 saturated heterocycles. The van der Waals surface area contributed by atoms with E-state index in [1.807, 2.05) is 68.6 Å². The normalized spacial score (nSPS) is 20.5. The van der Waals surface area contributed by atoms with Crippen LogP contribution in [0.1, 0.15) is 50.9 Å². The monoisotopic (exact) mass is 530 g/mol. The summed E-state index contributed by atoms with van der Waals surface area (Å²) in [6.45, 7) is 6.40. The summed E-state index contributed by atoms with van der Waals surface area (Å²) in [5.74, 6) is 0.152. The summed E-state index contributed by atoms with van der Waals surface area (Å²) in [5, 5.41) is 22.6. The maximum absolute atomic E-state index is 14.0. The van der Waals surface area contributed by atoms with Crippen LogP contribution in [0.15, 0.2) is 41.2 Å². The first-order chi connectivity index (χ1) is 18.5. The molecule has 0 spiro atoms. The van der Waals surface area contributed by atoms with Gasteiger partial charge in [-0.2, -0.15) is 0 Å². The lowest BCUT2D eigenvalue weighted by atomic mass is 9.76. The first-order valence-corrected chi connectivity index (χ1v) is 13.3. The molecule has 2 aliphatic heterocycles. The number of para-hydroxylation sites is 1. The summed E-state index contributed by atoms with van der Waals surface area (Å²) < 4.78 is 7.84. The van der Waals surface area contributed by atoms with E-state index in [2.05, 4.69) is 0 Å². The van der Waals surface area contributed by atoms with E-state index in [0.717, 1.165) is 11.1 Å². The maximum atomic E-state index is 14.0. The number of likely N-dealkylation sites (tertiary alicyclic amines) is 1. The van der Waals surface area contributed by atoms with Gasteiger partial charge in [0.05, 0.1) is 16.4 Å². The molecule has 1 fully saturated rings. The van der Waals surface area contributed by atoms with Crippen molar-refractivity contribution in [3.8, 4) is 5.75 Å². The first kappa shape index (κ1) is 25.6. The Bertz CT molecular complexity index is 1720. The Labute approximate surface area is 226 Å². The Hall–Kier alpha value is -3.69. The van der Waals surface area contributed by atoms with Crippen molar-refractivity contribution in [2.24, 2.45) is 0 Å². The van der Waals surface area contributed by atoms with E-state index in [0.29, 0.717) is 58.8 Å². The van der Waals surface area contributed by atoms with Gasteiger partial charge in [0, 0.05) is 41.4 Å². The molecule has 0 saturated carbocycles. The average Bonchev–Trinajstić information content (AvgIpc) is 3.36. The third-order valence-electron chi connectivity index (χ3n) is 8.09. The second kappa shape index (κ2) is 8.66. The van der Waals surface area contributed by atoms with Crippen molar-refractivity contribution in [3.05, 3.63) is 57.7 Å². The van der Waals surface area contributed by atoms with Gasteiger partial charge in [-0.25, -0.2) is 9.78 Å². The topological polar surface area (TPSA) is 108 Å². The zero-order valence-electron chi connectivity index (χ0n) is 23.0. The van der Waals surface area contributed by atoms with Gasteiger partial charge in [-0.05, 0) is 77.5 Å². The third-order valence-corrected chi connectivity index (χ3v) is 8.09. The van der Waals surface area contributed by atoms with Gasteiger partial charge in [-0.3, -0.25) is 9.69 Å². The fourth-order valence-corrected chi connectivity index (χ4v) is 6.62. The highest BCUT2D eigenvalue weighted by atomic mass is 16.6. The predicted molar refractivity (Wildman–Crippen MR) is 150 cm³/mol. The molecule has 9 nitrogen and oxygen atoms in total. The molecule has 4 heterocycles. The van der Waals surface area contributed by atoms with E-state index in [9.17, 15) is 19.8 Å². The van der Waals surface area contributed by atoms with Gasteiger partial charge in [-0.15, -0.1) is 0 Å². The summed E-state index contributed by atoms with van der Waals surface area (Å²) in [5.41, 5.74) is 2.13. The van der Waals surface area contributed by atoms with Crippen LogP contribution in [-0.4, -0.2) is 68.5 Å². The van der Waals surface area contributed by atoms with Crippen LogP contribution in [0.3, 0.4) is 0 Å². The van der Waals surface area contributed by atoms with Crippen LogP contribution in [0.4, 0.5) is 4.79 Å². The number of aromatic nitrogens is 2. The largest absolute Gasteiger partial charge is 0.508 e. The molecular weight excluding hydrogens is 496 g/mol. The molecule has 0 bridgehead atoms. The van der Waals surface area contributed by atoms with E-state index >= 15 is 0 Å². The fourth-order valence-electron chi connectivity index (χ4n) is 6.62. The zero-order valence-corrected chi connectivity index (χ0v) is 23.0. The van der Waals surface area contributed by atoms with Crippen LogP contribution in [0.5, 0.6) is 5.75 Å². The minimum atomic E-state index is -0.676. The Kier molecular flexibility index (Phi) is 5.68. The molecule has 0 unspecified atom stereocenters. The quantitative estimate of drug-likeness (QED) is 0.380. The number of carbonyl (C=O) groups excluding carboxylic acids is 1. The standard InChI is InChI=1S/C30H34N4O5/c1-29(2,3)39-28(38)33-13-11-30(12-14-35)21-8-6-7-17-24(21)34(27(30)33)26-19(25(17)37)15-18-20(16-32(4)5)23(36)10-9-22(18)31-26/h6-10,15,27,35-36H,11-14,16H2,1-5H3/t27-,30-/m1/s1. The second-order valence-corrected chi connectivity index (χ2v) is 12.1. The average molecular weight is 531 g/mol. The van der Waals surface area contributed by atoms with E-state index in [-0.39, 0.29) is 17.8 Å². The number of rotatable bonds is 4. The molecular formula is C30H34N4O5. The number of pyridine rings is 2. The highest BCUT2D eigenvalue weighted by molar-refractivity contribution is 6.01. The van der Waals surface area contributed by atoms with Crippen molar-refractivity contribution in [2.45, 2.75) is 57.3 Å². The lowest BCUT2D eigenvalue weighted by molar-refractivity contribution is 0.0118.